The van der Waals surface area contributed by atoms with Crippen LogP contribution in [0.1, 0.15) is 5.69 Å². The summed E-state index contributed by atoms with van der Waals surface area (Å²) in [6.07, 6.45) is 0. The molecule has 0 aliphatic carbocycles. The van der Waals surface area contributed by atoms with Gasteiger partial charge in [-0.2, -0.15) is 10.1 Å². The molecule has 0 aliphatic heterocycles. The number of anilines is 2. The molecule has 2 rings (SSSR count). The van der Waals surface area contributed by atoms with E-state index in [0.717, 1.165) is 5.01 Å². The van der Waals surface area contributed by atoms with Crippen LogP contribution in [0.5, 0.6) is 0 Å². The number of nitro groups is 1. The summed E-state index contributed by atoms with van der Waals surface area (Å²) in [5.41, 5.74) is 8.12. The Morgan fingerprint density at radius 3 is 2.43 bits per heavy atom. The van der Waals surface area contributed by atoms with Crippen LogP contribution in [0, 0.1) is 17.0 Å². The van der Waals surface area contributed by atoms with Crippen molar-refractivity contribution in [1.29, 1.82) is 0 Å². The molecule has 0 fully saturated rings. The van der Waals surface area contributed by atoms with E-state index in [-0.39, 0.29) is 17.2 Å². The van der Waals surface area contributed by atoms with Crippen molar-refractivity contribution in [2.75, 3.05) is 10.4 Å². The maximum Gasteiger partial charge on any atom is 0.339 e. The van der Waals surface area contributed by atoms with Gasteiger partial charge in [0.15, 0.2) is 0 Å². The second-order valence-corrected chi connectivity index (χ2v) is 5.45. The topological polar surface area (TPSA) is 119 Å². The highest BCUT2D eigenvalue weighted by Crippen LogP contribution is 2.32. The molecule has 0 saturated carbocycles. The molecule has 23 heavy (non-hydrogen) atoms. The lowest BCUT2D eigenvalue weighted by Gasteiger charge is -2.21. The van der Waals surface area contributed by atoms with Crippen LogP contribution < -0.4 is 16.2 Å². The number of nitrogens with zero attached hydrogens (tertiary/aromatic N) is 4. The maximum atomic E-state index is 11.8. The number of nitrogens with two attached hydrogens (primary N) is 1. The van der Waals surface area contributed by atoms with Gasteiger partial charge in [-0.1, -0.05) is 23.2 Å². The van der Waals surface area contributed by atoms with Crippen molar-refractivity contribution in [3.63, 3.8) is 0 Å². The van der Waals surface area contributed by atoms with Gasteiger partial charge < -0.3 is 5.73 Å². The lowest BCUT2D eigenvalue weighted by Crippen LogP contribution is -2.41. The average Bonchev–Trinajstić information content (AvgIpc) is 2.69. The van der Waals surface area contributed by atoms with E-state index in [0.29, 0.717) is 15.7 Å². The fourth-order valence-corrected chi connectivity index (χ4v) is 2.59. The van der Waals surface area contributed by atoms with Crippen LogP contribution in [-0.4, -0.2) is 20.7 Å². The van der Waals surface area contributed by atoms with Crippen molar-refractivity contribution < 1.29 is 9.72 Å². The number of aryl methyl sites for hydroxylation is 2. The predicted molar refractivity (Wildman–Crippen MR) is 86.7 cm³/mol. The molecule has 0 unspecified atom stereocenters. The molecule has 3 N–H and O–H groups in total. The number of nitrogens with one attached hydrogen (secondary N) is 1. The summed E-state index contributed by atoms with van der Waals surface area (Å²) >= 11 is 11.8. The Labute approximate surface area is 140 Å². The molecule has 0 saturated heterocycles. The molecule has 1 heterocycles. The van der Waals surface area contributed by atoms with E-state index < -0.39 is 11.0 Å². The van der Waals surface area contributed by atoms with Crippen LogP contribution in [-0.2, 0) is 7.05 Å². The van der Waals surface area contributed by atoms with Gasteiger partial charge in [0.25, 0.3) is 0 Å². The van der Waals surface area contributed by atoms with E-state index >= 15 is 0 Å². The molecule has 9 nitrogen and oxygen atoms in total. The molecule has 11 heteroatoms. The molecule has 2 aromatic rings. The highest BCUT2D eigenvalue weighted by molar-refractivity contribution is 6.35. The van der Waals surface area contributed by atoms with Gasteiger partial charge in [-0.15, -0.1) is 0 Å². The minimum absolute atomic E-state index is 0.115. The number of aromatic nitrogens is 2. The van der Waals surface area contributed by atoms with E-state index in [2.05, 4.69) is 10.5 Å². The summed E-state index contributed by atoms with van der Waals surface area (Å²) in [7, 11) is 1.46. The van der Waals surface area contributed by atoms with Gasteiger partial charge >= 0.3 is 11.7 Å². The monoisotopic (exact) mass is 358 g/mol. The second-order valence-electron chi connectivity index (χ2n) is 4.58. The molecule has 0 aliphatic rings. The number of primary amides is 1. The summed E-state index contributed by atoms with van der Waals surface area (Å²) < 4.78 is 1.18. The van der Waals surface area contributed by atoms with Gasteiger partial charge in [-0.3, -0.25) is 15.5 Å². The number of benzene rings is 1. The Morgan fingerprint density at radius 2 is 1.96 bits per heavy atom. The number of hydrogen-bond acceptors (Lipinski definition) is 5. The summed E-state index contributed by atoms with van der Waals surface area (Å²) in [5.74, 6) is -0.115. The van der Waals surface area contributed by atoms with E-state index in [9.17, 15) is 14.9 Å². The van der Waals surface area contributed by atoms with Crippen LogP contribution in [0.15, 0.2) is 18.2 Å². The van der Waals surface area contributed by atoms with Gasteiger partial charge in [0.05, 0.1) is 10.6 Å². The number of carbonyl (C=O) groups is 1. The van der Waals surface area contributed by atoms with E-state index in [4.69, 9.17) is 28.9 Å². The number of hydrogen-bond donors (Lipinski definition) is 2. The van der Waals surface area contributed by atoms with Gasteiger partial charge in [-0.25, -0.2) is 9.48 Å². The van der Waals surface area contributed by atoms with Crippen molar-refractivity contribution in [2.24, 2.45) is 12.8 Å². The molecule has 0 radical (unpaired) electrons. The molecular weight excluding hydrogens is 347 g/mol. The SMILES string of the molecule is Cc1nn(C)c(N(Nc2cc(Cl)cc(Cl)c2)C(N)=O)c1[N+](=O)[O-]. The largest absolute Gasteiger partial charge is 0.350 e. The fraction of sp³-hybridized carbons (Fsp3) is 0.167. The first-order chi connectivity index (χ1) is 10.7. The number of halogens is 2. The number of rotatable bonds is 4. The first kappa shape index (κ1) is 16.8. The summed E-state index contributed by atoms with van der Waals surface area (Å²) in [6, 6.07) is 3.50. The minimum atomic E-state index is -0.966. The van der Waals surface area contributed by atoms with E-state index in [1.54, 1.807) is 0 Å². The van der Waals surface area contributed by atoms with E-state index in [1.807, 2.05) is 0 Å². The van der Waals surface area contributed by atoms with Crippen molar-refractivity contribution in [3.05, 3.63) is 44.1 Å². The molecule has 0 bridgehead atoms. The molecule has 122 valence electrons. The second kappa shape index (κ2) is 6.31. The van der Waals surface area contributed by atoms with Crippen LogP contribution >= 0.6 is 23.2 Å². The quantitative estimate of drug-likeness (QED) is 0.643. The zero-order chi connectivity index (χ0) is 17.3. The van der Waals surface area contributed by atoms with Crippen molar-refractivity contribution in [1.82, 2.24) is 9.78 Å². The smallest absolute Gasteiger partial charge is 0.339 e. The van der Waals surface area contributed by atoms with Crippen LogP contribution in [0.25, 0.3) is 0 Å². The Hall–Kier alpha value is -2.52. The standard InChI is InChI=1S/C12H12Cl2N6O3/c1-6-10(20(22)23)11(18(2)16-6)19(12(15)21)17-9-4-7(13)3-8(14)5-9/h3-5,17H,1-2H3,(H2,15,21). The van der Waals surface area contributed by atoms with Crippen LogP contribution in [0.3, 0.4) is 0 Å². The van der Waals surface area contributed by atoms with Gasteiger partial charge in [-0.05, 0) is 25.1 Å². The number of hydrazine groups is 1. The van der Waals surface area contributed by atoms with Gasteiger partial charge in [0, 0.05) is 17.1 Å². The third-order valence-corrected chi connectivity index (χ3v) is 3.32. The molecule has 0 atom stereocenters. The summed E-state index contributed by atoms with van der Waals surface area (Å²) in [6.45, 7) is 1.46. The molecule has 1 aromatic carbocycles. The van der Waals surface area contributed by atoms with Gasteiger partial charge in [0.2, 0.25) is 5.82 Å². The third-order valence-electron chi connectivity index (χ3n) is 2.88. The number of amides is 2. The van der Waals surface area contributed by atoms with Crippen molar-refractivity contribution in [2.45, 2.75) is 6.92 Å². The zero-order valence-corrected chi connectivity index (χ0v) is 13.6. The molecular formula is C12H12Cl2N6O3. The predicted octanol–water partition coefficient (Wildman–Crippen LogP) is 2.86. The fourth-order valence-electron chi connectivity index (χ4n) is 2.06. The first-order valence-electron chi connectivity index (χ1n) is 6.21. The Bertz CT molecular complexity index is 771. The summed E-state index contributed by atoms with van der Waals surface area (Å²) in [5, 5.41) is 16.6. The maximum absolute atomic E-state index is 11.8. The van der Waals surface area contributed by atoms with Crippen molar-refractivity contribution in [3.8, 4) is 0 Å². The Morgan fingerprint density at radius 1 is 1.39 bits per heavy atom. The lowest BCUT2D eigenvalue weighted by molar-refractivity contribution is -0.384. The molecule has 2 amide bonds. The highest BCUT2D eigenvalue weighted by Gasteiger charge is 2.31. The molecule has 1 aromatic heterocycles. The number of urea groups is 1. The average molecular weight is 359 g/mol. The minimum Gasteiger partial charge on any atom is -0.350 e. The Kier molecular flexibility index (Phi) is 4.62. The zero-order valence-electron chi connectivity index (χ0n) is 12.1. The Balaban J connectivity index is 2.52. The lowest BCUT2D eigenvalue weighted by atomic mass is 10.3. The van der Waals surface area contributed by atoms with E-state index in [1.165, 1.54) is 36.9 Å². The van der Waals surface area contributed by atoms with Gasteiger partial charge in [0.1, 0.15) is 5.69 Å². The first-order valence-corrected chi connectivity index (χ1v) is 6.96. The van der Waals surface area contributed by atoms with Crippen LogP contribution in [0.4, 0.5) is 22.0 Å². The normalized spacial score (nSPS) is 10.4. The molecule has 0 spiro atoms. The van der Waals surface area contributed by atoms with Crippen LogP contribution in [0.2, 0.25) is 10.0 Å². The third kappa shape index (κ3) is 3.46. The number of carbonyl (C=O) groups excluding carboxylic acids is 1. The van der Waals surface area contributed by atoms with Crippen molar-refractivity contribution >= 4 is 46.4 Å². The highest BCUT2D eigenvalue weighted by atomic mass is 35.5. The summed E-state index contributed by atoms with van der Waals surface area (Å²) in [4.78, 5) is 22.4.